The molecule has 7 heteroatoms. The van der Waals surface area contributed by atoms with E-state index in [0.717, 1.165) is 28.6 Å². The minimum atomic E-state index is -0.154. The molecule has 0 saturated carbocycles. The van der Waals surface area contributed by atoms with Crippen LogP contribution < -0.4 is 5.32 Å². The molecule has 30 heavy (non-hydrogen) atoms. The maximum Gasteiger partial charge on any atom is 0.321 e. The Hall–Kier alpha value is -2.99. The van der Waals surface area contributed by atoms with Gasteiger partial charge in [0.2, 0.25) is 5.91 Å². The van der Waals surface area contributed by atoms with Gasteiger partial charge in [-0.2, -0.15) is 0 Å². The number of carbonyl (C=O) groups excluding carboxylic acids is 2. The molecule has 0 aliphatic carbocycles. The largest absolute Gasteiger partial charge is 0.358 e. The Morgan fingerprint density at radius 1 is 1.00 bits per heavy atom. The van der Waals surface area contributed by atoms with Crippen molar-refractivity contribution in [1.82, 2.24) is 14.8 Å². The Morgan fingerprint density at radius 2 is 1.70 bits per heavy atom. The van der Waals surface area contributed by atoms with Gasteiger partial charge in [-0.25, -0.2) is 4.79 Å². The molecule has 1 saturated heterocycles. The van der Waals surface area contributed by atoms with E-state index in [-0.39, 0.29) is 11.9 Å². The third kappa shape index (κ3) is 4.44. The lowest BCUT2D eigenvalue weighted by atomic mass is 10.1. The fourth-order valence-corrected chi connectivity index (χ4v) is 4.06. The van der Waals surface area contributed by atoms with Crippen molar-refractivity contribution in [2.24, 2.45) is 0 Å². The summed E-state index contributed by atoms with van der Waals surface area (Å²) >= 11 is 5.89. The van der Waals surface area contributed by atoms with E-state index < -0.39 is 0 Å². The SMILES string of the molecule is Cc1[nH]c2ccccc2c1CC(=O)N1CCCN(C(=O)Nc2ccc(Cl)cc2)CC1. The average molecular weight is 425 g/mol. The van der Waals surface area contributed by atoms with Gasteiger partial charge in [0.1, 0.15) is 0 Å². The molecule has 1 aromatic heterocycles. The van der Waals surface area contributed by atoms with Gasteiger partial charge in [-0.05, 0) is 49.2 Å². The van der Waals surface area contributed by atoms with Crippen molar-refractivity contribution in [3.8, 4) is 0 Å². The van der Waals surface area contributed by atoms with Crippen molar-refractivity contribution in [2.75, 3.05) is 31.5 Å². The van der Waals surface area contributed by atoms with Crippen molar-refractivity contribution in [2.45, 2.75) is 19.8 Å². The maximum absolute atomic E-state index is 13.0. The van der Waals surface area contributed by atoms with Gasteiger partial charge in [-0.3, -0.25) is 4.79 Å². The molecule has 1 aliphatic rings. The maximum atomic E-state index is 13.0. The lowest BCUT2D eigenvalue weighted by molar-refractivity contribution is -0.130. The van der Waals surface area contributed by atoms with E-state index in [1.165, 1.54) is 0 Å². The summed E-state index contributed by atoms with van der Waals surface area (Å²) in [5.74, 6) is 0.0998. The van der Waals surface area contributed by atoms with Crippen LogP contribution in [0.1, 0.15) is 17.7 Å². The summed E-state index contributed by atoms with van der Waals surface area (Å²) in [4.78, 5) is 32.6. The van der Waals surface area contributed by atoms with E-state index in [9.17, 15) is 9.59 Å². The number of carbonyl (C=O) groups is 2. The Bertz CT molecular complexity index is 1060. The van der Waals surface area contributed by atoms with Crippen LogP contribution in [-0.2, 0) is 11.2 Å². The van der Waals surface area contributed by atoms with Gasteiger partial charge < -0.3 is 20.1 Å². The smallest absolute Gasteiger partial charge is 0.321 e. The lowest BCUT2D eigenvalue weighted by Gasteiger charge is -2.22. The number of nitrogens with one attached hydrogen (secondary N) is 2. The van der Waals surface area contributed by atoms with Crippen molar-refractivity contribution >= 4 is 40.1 Å². The first-order chi connectivity index (χ1) is 14.5. The van der Waals surface area contributed by atoms with Crippen LogP contribution >= 0.6 is 11.6 Å². The molecular weight excluding hydrogens is 400 g/mol. The number of fused-ring (bicyclic) bond motifs is 1. The number of hydrogen-bond acceptors (Lipinski definition) is 2. The quantitative estimate of drug-likeness (QED) is 0.652. The molecule has 0 atom stereocenters. The van der Waals surface area contributed by atoms with Crippen LogP contribution in [-0.4, -0.2) is 52.9 Å². The van der Waals surface area contributed by atoms with Crippen molar-refractivity contribution in [3.05, 3.63) is 64.8 Å². The summed E-state index contributed by atoms with van der Waals surface area (Å²) in [5.41, 5.74) is 3.84. The number of aromatic amines is 1. The number of nitrogens with zero attached hydrogens (tertiary/aromatic N) is 2. The highest BCUT2D eigenvalue weighted by Crippen LogP contribution is 2.23. The zero-order valence-electron chi connectivity index (χ0n) is 17.0. The monoisotopic (exact) mass is 424 g/mol. The van der Waals surface area contributed by atoms with Crippen LogP contribution in [0.25, 0.3) is 10.9 Å². The van der Waals surface area contributed by atoms with Crippen LogP contribution in [0, 0.1) is 6.92 Å². The molecular formula is C23H25ClN4O2. The number of rotatable bonds is 3. The molecule has 3 aromatic rings. The van der Waals surface area contributed by atoms with E-state index in [0.29, 0.717) is 43.3 Å². The van der Waals surface area contributed by atoms with Gasteiger partial charge in [-0.15, -0.1) is 0 Å². The number of halogens is 1. The molecule has 0 spiro atoms. The fraction of sp³-hybridized carbons (Fsp3) is 0.304. The van der Waals surface area contributed by atoms with Gasteiger partial charge in [0, 0.05) is 53.5 Å². The number of para-hydroxylation sites is 1. The van der Waals surface area contributed by atoms with Crippen molar-refractivity contribution < 1.29 is 9.59 Å². The molecule has 2 N–H and O–H groups in total. The number of benzene rings is 2. The summed E-state index contributed by atoms with van der Waals surface area (Å²) in [6, 6.07) is 14.9. The number of aromatic nitrogens is 1. The molecule has 3 amide bonds. The van der Waals surface area contributed by atoms with Crippen LogP contribution in [0.2, 0.25) is 5.02 Å². The normalized spacial score (nSPS) is 14.6. The number of anilines is 1. The van der Waals surface area contributed by atoms with E-state index in [2.05, 4.69) is 10.3 Å². The van der Waals surface area contributed by atoms with Crippen LogP contribution in [0.5, 0.6) is 0 Å². The molecule has 0 radical (unpaired) electrons. The Labute approximate surface area is 180 Å². The second kappa shape index (κ2) is 8.79. The number of H-pyrrole nitrogens is 1. The molecule has 0 bridgehead atoms. The number of hydrogen-bond donors (Lipinski definition) is 2. The number of urea groups is 1. The second-order valence-corrected chi connectivity index (χ2v) is 8.05. The summed E-state index contributed by atoms with van der Waals surface area (Å²) in [7, 11) is 0. The number of amides is 3. The molecule has 2 heterocycles. The molecule has 6 nitrogen and oxygen atoms in total. The van der Waals surface area contributed by atoms with Crippen molar-refractivity contribution in [3.63, 3.8) is 0 Å². The minimum Gasteiger partial charge on any atom is -0.358 e. The van der Waals surface area contributed by atoms with E-state index in [4.69, 9.17) is 11.6 Å². The molecule has 1 fully saturated rings. The summed E-state index contributed by atoms with van der Waals surface area (Å²) in [5, 5.41) is 4.62. The standard InChI is InChI=1S/C23H25ClN4O2/c1-16-20(19-5-2-3-6-21(19)25-16)15-22(29)27-11-4-12-28(14-13-27)23(30)26-18-9-7-17(24)8-10-18/h2-3,5-10,25H,4,11-15H2,1H3,(H,26,30). The molecule has 0 unspecified atom stereocenters. The second-order valence-electron chi connectivity index (χ2n) is 7.61. The predicted molar refractivity (Wildman–Crippen MR) is 120 cm³/mol. The predicted octanol–water partition coefficient (Wildman–Crippen LogP) is 4.44. The molecule has 156 valence electrons. The topological polar surface area (TPSA) is 68.4 Å². The highest BCUT2D eigenvalue weighted by Gasteiger charge is 2.23. The van der Waals surface area contributed by atoms with E-state index in [1.54, 1.807) is 29.2 Å². The van der Waals surface area contributed by atoms with Crippen LogP contribution in [0.3, 0.4) is 0 Å². The van der Waals surface area contributed by atoms with Crippen molar-refractivity contribution in [1.29, 1.82) is 0 Å². The Morgan fingerprint density at radius 3 is 2.50 bits per heavy atom. The van der Waals surface area contributed by atoms with Gasteiger partial charge in [0.25, 0.3) is 0 Å². The highest BCUT2D eigenvalue weighted by molar-refractivity contribution is 6.30. The summed E-state index contributed by atoms with van der Waals surface area (Å²) in [6.07, 6.45) is 1.12. The molecule has 4 rings (SSSR count). The summed E-state index contributed by atoms with van der Waals surface area (Å²) < 4.78 is 0. The Kier molecular flexibility index (Phi) is 5.95. The first kappa shape index (κ1) is 20.3. The zero-order chi connectivity index (χ0) is 21.1. The van der Waals surface area contributed by atoms with Gasteiger partial charge in [0.15, 0.2) is 0 Å². The average Bonchev–Trinajstić information content (AvgIpc) is 2.91. The third-order valence-corrected chi connectivity index (χ3v) is 5.84. The van der Waals surface area contributed by atoms with Gasteiger partial charge in [-0.1, -0.05) is 29.8 Å². The number of aryl methyl sites for hydroxylation is 1. The Balaban J connectivity index is 1.37. The highest BCUT2D eigenvalue weighted by atomic mass is 35.5. The van der Waals surface area contributed by atoms with E-state index in [1.807, 2.05) is 36.1 Å². The van der Waals surface area contributed by atoms with Crippen LogP contribution in [0.4, 0.5) is 10.5 Å². The first-order valence-corrected chi connectivity index (χ1v) is 10.5. The summed E-state index contributed by atoms with van der Waals surface area (Å²) in [6.45, 7) is 4.33. The first-order valence-electron chi connectivity index (χ1n) is 10.2. The van der Waals surface area contributed by atoms with Gasteiger partial charge >= 0.3 is 6.03 Å². The fourth-order valence-electron chi connectivity index (χ4n) is 3.93. The van der Waals surface area contributed by atoms with Gasteiger partial charge in [0.05, 0.1) is 6.42 Å². The third-order valence-electron chi connectivity index (χ3n) is 5.59. The van der Waals surface area contributed by atoms with E-state index >= 15 is 0 Å². The minimum absolute atomic E-state index is 0.0998. The van der Waals surface area contributed by atoms with Crippen LogP contribution in [0.15, 0.2) is 48.5 Å². The zero-order valence-corrected chi connectivity index (χ0v) is 17.7. The lowest BCUT2D eigenvalue weighted by Crippen LogP contribution is -2.39. The molecule has 2 aromatic carbocycles. The molecule has 1 aliphatic heterocycles.